The lowest BCUT2D eigenvalue weighted by Crippen LogP contribution is -2.46. The minimum Gasteiger partial charge on any atom is -0.497 e. The maximum atomic E-state index is 11.7. The van der Waals surface area contributed by atoms with E-state index in [0.717, 1.165) is 31.7 Å². The molecule has 1 fully saturated rings. The molecule has 1 saturated heterocycles. The first-order valence-electron chi connectivity index (χ1n) is 6.55. The number of piperidine rings is 1. The summed E-state index contributed by atoms with van der Waals surface area (Å²) in [6, 6.07) is 7.45. The van der Waals surface area contributed by atoms with Gasteiger partial charge in [0.15, 0.2) is 6.61 Å². The number of hydrogen-bond acceptors (Lipinski definition) is 4. The van der Waals surface area contributed by atoms with E-state index >= 15 is 0 Å². The normalized spacial score (nSPS) is 17.8. The highest BCUT2D eigenvalue weighted by atomic mass is 35.5. The lowest BCUT2D eigenvalue weighted by molar-refractivity contribution is -0.123. The molecule has 0 unspecified atom stereocenters. The quantitative estimate of drug-likeness (QED) is 0.862. The van der Waals surface area contributed by atoms with Crippen LogP contribution in [0.15, 0.2) is 24.3 Å². The molecule has 1 amide bonds. The van der Waals surface area contributed by atoms with E-state index in [4.69, 9.17) is 9.47 Å². The van der Waals surface area contributed by atoms with Crippen LogP contribution in [-0.4, -0.2) is 38.8 Å². The van der Waals surface area contributed by atoms with Crippen molar-refractivity contribution < 1.29 is 14.3 Å². The van der Waals surface area contributed by atoms with Crippen LogP contribution in [0, 0.1) is 0 Å². The van der Waals surface area contributed by atoms with Crippen LogP contribution in [0.3, 0.4) is 0 Å². The van der Waals surface area contributed by atoms with Gasteiger partial charge in [0.05, 0.1) is 7.11 Å². The molecule has 0 radical (unpaired) electrons. The Bertz CT molecular complexity index is 423. The highest BCUT2D eigenvalue weighted by molar-refractivity contribution is 5.85. The third-order valence-electron chi connectivity index (χ3n) is 3.07. The van der Waals surface area contributed by atoms with Gasteiger partial charge >= 0.3 is 0 Å². The SMILES string of the molecule is COc1cccc(OCC(=O)N[C@H]2CCCNC2)c1.Cl. The Balaban J connectivity index is 0.00000200. The maximum Gasteiger partial charge on any atom is 0.258 e. The molecule has 0 aromatic heterocycles. The minimum absolute atomic E-state index is 0. The van der Waals surface area contributed by atoms with Crippen molar-refractivity contribution in [3.05, 3.63) is 24.3 Å². The number of halogens is 1. The van der Waals surface area contributed by atoms with Gasteiger partial charge in [0, 0.05) is 18.7 Å². The summed E-state index contributed by atoms with van der Waals surface area (Å²) in [5, 5.41) is 6.22. The second-order valence-electron chi connectivity index (χ2n) is 4.58. The molecule has 1 aromatic rings. The number of ether oxygens (including phenoxy) is 2. The molecular formula is C14H21ClN2O3. The zero-order valence-corrected chi connectivity index (χ0v) is 12.4. The summed E-state index contributed by atoms with van der Waals surface area (Å²) in [5.74, 6) is 1.27. The van der Waals surface area contributed by atoms with Crippen molar-refractivity contribution in [2.75, 3.05) is 26.8 Å². The van der Waals surface area contributed by atoms with Gasteiger partial charge < -0.3 is 20.1 Å². The van der Waals surface area contributed by atoms with Crippen LogP contribution in [-0.2, 0) is 4.79 Å². The first-order chi connectivity index (χ1) is 9.28. The number of amides is 1. The van der Waals surface area contributed by atoms with E-state index < -0.39 is 0 Å². The monoisotopic (exact) mass is 300 g/mol. The molecule has 6 heteroatoms. The molecule has 2 rings (SSSR count). The van der Waals surface area contributed by atoms with E-state index in [0.29, 0.717) is 5.75 Å². The molecule has 20 heavy (non-hydrogen) atoms. The van der Waals surface area contributed by atoms with Crippen LogP contribution in [0.5, 0.6) is 11.5 Å². The summed E-state index contributed by atoms with van der Waals surface area (Å²) in [5.41, 5.74) is 0. The average Bonchev–Trinajstić information content (AvgIpc) is 2.46. The van der Waals surface area contributed by atoms with Crippen LogP contribution < -0.4 is 20.1 Å². The largest absolute Gasteiger partial charge is 0.497 e. The first kappa shape index (κ1) is 16.6. The number of methoxy groups -OCH3 is 1. The van der Waals surface area contributed by atoms with Gasteiger partial charge in [-0.25, -0.2) is 0 Å². The van der Waals surface area contributed by atoms with Gasteiger partial charge in [-0.05, 0) is 31.5 Å². The molecule has 0 saturated carbocycles. The number of carbonyl (C=O) groups is 1. The molecule has 0 bridgehead atoms. The zero-order chi connectivity index (χ0) is 13.5. The van der Waals surface area contributed by atoms with Gasteiger partial charge in [0.25, 0.3) is 5.91 Å². The van der Waals surface area contributed by atoms with Gasteiger partial charge in [-0.3, -0.25) is 4.79 Å². The van der Waals surface area contributed by atoms with Crippen LogP contribution in [0.4, 0.5) is 0 Å². The van der Waals surface area contributed by atoms with Crippen molar-refractivity contribution in [1.29, 1.82) is 0 Å². The summed E-state index contributed by atoms with van der Waals surface area (Å²) in [6.07, 6.45) is 2.12. The van der Waals surface area contributed by atoms with E-state index in [1.54, 1.807) is 19.2 Å². The van der Waals surface area contributed by atoms with Gasteiger partial charge in [-0.15, -0.1) is 12.4 Å². The Kier molecular flexibility index (Phi) is 7.18. The molecule has 112 valence electrons. The second kappa shape index (κ2) is 8.66. The van der Waals surface area contributed by atoms with Crippen molar-refractivity contribution >= 4 is 18.3 Å². The smallest absolute Gasteiger partial charge is 0.258 e. The number of carbonyl (C=O) groups excluding carboxylic acids is 1. The predicted octanol–water partition coefficient (Wildman–Crippen LogP) is 1.36. The highest BCUT2D eigenvalue weighted by Gasteiger charge is 2.15. The van der Waals surface area contributed by atoms with Gasteiger partial charge in [0.2, 0.25) is 0 Å². The fourth-order valence-corrected chi connectivity index (χ4v) is 2.08. The Labute approximate surface area is 125 Å². The maximum absolute atomic E-state index is 11.7. The molecule has 1 aliphatic heterocycles. The lowest BCUT2D eigenvalue weighted by Gasteiger charge is -2.23. The third-order valence-corrected chi connectivity index (χ3v) is 3.07. The Morgan fingerprint density at radius 3 is 2.95 bits per heavy atom. The fourth-order valence-electron chi connectivity index (χ4n) is 2.08. The van der Waals surface area contributed by atoms with E-state index in [1.807, 2.05) is 12.1 Å². The molecule has 1 aromatic carbocycles. The lowest BCUT2D eigenvalue weighted by atomic mass is 10.1. The number of rotatable bonds is 5. The van der Waals surface area contributed by atoms with E-state index in [-0.39, 0.29) is 31.0 Å². The van der Waals surface area contributed by atoms with Crippen LogP contribution in [0.1, 0.15) is 12.8 Å². The van der Waals surface area contributed by atoms with Crippen molar-refractivity contribution in [3.8, 4) is 11.5 Å². The Hall–Kier alpha value is -1.46. The summed E-state index contributed by atoms with van der Waals surface area (Å²) in [7, 11) is 1.60. The van der Waals surface area contributed by atoms with Crippen molar-refractivity contribution in [2.45, 2.75) is 18.9 Å². The highest BCUT2D eigenvalue weighted by Crippen LogP contribution is 2.18. The Morgan fingerprint density at radius 2 is 2.25 bits per heavy atom. The third kappa shape index (κ3) is 5.27. The first-order valence-corrected chi connectivity index (χ1v) is 6.55. The zero-order valence-electron chi connectivity index (χ0n) is 11.6. The molecule has 5 nitrogen and oxygen atoms in total. The molecule has 0 aliphatic carbocycles. The summed E-state index contributed by atoms with van der Waals surface area (Å²) >= 11 is 0. The predicted molar refractivity (Wildman–Crippen MR) is 79.8 cm³/mol. The summed E-state index contributed by atoms with van der Waals surface area (Å²) in [6.45, 7) is 1.90. The van der Waals surface area contributed by atoms with Gasteiger partial charge in [-0.2, -0.15) is 0 Å². The number of nitrogens with one attached hydrogen (secondary N) is 2. The molecule has 1 aliphatic rings. The molecule has 1 heterocycles. The fraction of sp³-hybridized carbons (Fsp3) is 0.500. The number of benzene rings is 1. The molecule has 1 atom stereocenters. The van der Waals surface area contributed by atoms with Gasteiger partial charge in [0.1, 0.15) is 11.5 Å². The van der Waals surface area contributed by atoms with E-state index in [9.17, 15) is 4.79 Å². The topological polar surface area (TPSA) is 59.6 Å². The van der Waals surface area contributed by atoms with Crippen molar-refractivity contribution in [3.63, 3.8) is 0 Å². The molecule has 0 spiro atoms. The molecule has 2 N–H and O–H groups in total. The van der Waals surface area contributed by atoms with Gasteiger partial charge in [-0.1, -0.05) is 6.07 Å². The van der Waals surface area contributed by atoms with Crippen LogP contribution in [0.25, 0.3) is 0 Å². The van der Waals surface area contributed by atoms with Crippen LogP contribution in [0.2, 0.25) is 0 Å². The van der Waals surface area contributed by atoms with E-state index in [2.05, 4.69) is 10.6 Å². The standard InChI is InChI=1S/C14H20N2O3.ClH/c1-18-12-5-2-6-13(8-12)19-10-14(17)16-11-4-3-7-15-9-11;/h2,5-6,8,11,15H,3-4,7,9-10H2,1H3,(H,16,17);1H/t11-;/m0./s1. The number of hydrogen-bond donors (Lipinski definition) is 2. The molecular weight excluding hydrogens is 280 g/mol. The van der Waals surface area contributed by atoms with Crippen LogP contribution >= 0.6 is 12.4 Å². The van der Waals surface area contributed by atoms with E-state index in [1.165, 1.54) is 0 Å². The second-order valence-corrected chi connectivity index (χ2v) is 4.58. The summed E-state index contributed by atoms with van der Waals surface area (Å²) < 4.78 is 10.5. The van der Waals surface area contributed by atoms with Crippen molar-refractivity contribution in [1.82, 2.24) is 10.6 Å². The average molecular weight is 301 g/mol. The summed E-state index contributed by atoms with van der Waals surface area (Å²) in [4.78, 5) is 11.7. The minimum atomic E-state index is -0.0866. The van der Waals surface area contributed by atoms with Crippen molar-refractivity contribution in [2.24, 2.45) is 0 Å². The Morgan fingerprint density at radius 1 is 1.45 bits per heavy atom.